The van der Waals surface area contributed by atoms with Crippen LogP contribution in [0.15, 0.2) is 53.7 Å². The van der Waals surface area contributed by atoms with Crippen molar-refractivity contribution in [3.05, 3.63) is 60.2 Å². The van der Waals surface area contributed by atoms with Gasteiger partial charge in [0.2, 0.25) is 0 Å². The predicted molar refractivity (Wildman–Crippen MR) is 79.9 cm³/mol. The topological polar surface area (TPSA) is 51.8 Å². The monoisotopic (exact) mass is 285 g/mol. The molecule has 3 aromatic rings. The number of aromatic nitrogens is 2. The zero-order valence-electron chi connectivity index (χ0n) is 10.6. The number of pyridine rings is 2. The Bertz CT molecular complexity index is 744. The minimum absolute atomic E-state index is 0.240. The average Bonchev–Trinajstić information content (AvgIpc) is 2.49. The lowest BCUT2D eigenvalue weighted by Gasteiger charge is -2.06. The first-order valence-corrected chi connectivity index (χ1v) is 7.09. The molecule has 0 unspecified atom stereocenters. The summed E-state index contributed by atoms with van der Waals surface area (Å²) in [5.74, 6) is 0.971. The molecule has 0 spiro atoms. The SMILES string of the molecule is Nc1ccc(SCc2ccc(F)c3cccnc23)cn1. The van der Waals surface area contributed by atoms with Gasteiger partial charge in [-0.15, -0.1) is 11.8 Å². The molecule has 2 aromatic heterocycles. The van der Waals surface area contributed by atoms with E-state index in [4.69, 9.17) is 5.73 Å². The minimum atomic E-state index is -0.240. The van der Waals surface area contributed by atoms with E-state index in [1.54, 1.807) is 48.4 Å². The van der Waals surface area contributed by atoms with Gasteiger partial charge in [0, 0.05) is 28.4 Å². The summed E-state index contributed by atoms with van der Waals surface area (Å²) in [5.41, 5.74) is 7.27. The summed E-state index contributed by atoms with van der Waals surface area (Å²) in [5, 5.41) is 0.557. The largest absolute Gasteiger partial charge is 0.384 e. The smallest absolute Gasteiger partial charge is 0.132 e. The second kappa shape index (κ2) is 5.46. The maximum atomic E-state index is 13.7. The Hall–Kier alpha value is -2.14. The van der Waals surface area contributed by atoms with Gasteiger partial charge in [-0.3, -0.25) is 4.98 Å². The molecule has 1 aromatic carbocycles. The fourth-order valence-corrected chi connectivity index (χ4v) is 2.80. The standard InChI is InChI=1S/C15H12FN3S/c16-13-5-3-10(15-12(13)2-1-7-18-15)9-20-11-4-6-14(17)19-8-11/h1-8H,9H2,(H2,17,19). The molecule has 0 aliphatic rings. The van der Waals surface area contributed by atoms with Gasteiger partial charge in [-0.1, -0.05) is 6.07 Å². The van der Waals surface area contributed by atoms with Crippen molar-refractivity contribution < 1.29 is 4.39 Å². The molecule has 3 nitrogen and oxygen atoms in total. The first-order valence-electron chi connectivity index (χ1n) is 6.10. The van der Waals surface area contributed by atoms with Crippen LogP contribution < -0.4 is 5.73 Å². The molecule has 2 N–H and O–H groups in total. The van der Waals surface area contributed by atoms with Crippen LogP contribution in [-0.4, -0.2) is 9.97 Å². The summed E-state index contributed by atoms with van der Waals surface area (Å²) in [7, 11) is 0. The molecule has 0 amide bonds. The first-order chi connectivity index (χ1) is 9.74. The first kappa shape index (κ1) is 12.9. The van der Waals surface area contributed by atoms with E-state index in [9.17, 15) is 4.39 Å². The van der Waals surface area contributed by atoms with Crippen LogP contribution in [0.5, 0.6) is 0 Å². The number of rotatable bonds is 3. The summed E-state index contributed by atoms with van der Waals surface area (Å²) < 4.78 is 13.7. The molecular formula is C15H12FN3S. The third-order valence-corrected chi connectivity index (χ3v) is 3.98. The van der Waals surface area contributed by atoms with Crippen LogP contribution >= 0.6 is 11.8 Å². The summed E-state index contributed by atoms with van der Waals surface area (Å²) in [6.45, 7) is 0. The average molecular weight is 285 g/mol. The van der Waals surface area contributed by atoms with Gasteiger partial charge in [0.15, 0.2) is 0 Å². The lowest BCUT2D eigenvalue weighted by atomic mass is 10.1. The molecule has 5 heteroatoms. The second-order valence-corrected chi connectivity index (χ2v) is 5.36. The van der Waals surface area contributed by atoms with Crippen molar-refractivity contribution in [3.63, 3.8) is 0 Å². The van der Waals surface area contributed by atoms with E-state index in [-0.39, 0.29) is 5.82 Å². The van der Waals surface area contributed by atoms with E-state index in [0.717, 1.165) is 10.5 Å². The zero-order valence-corrected chi connectivity index (χ0v) is 11.4. The Kier molecular flexibility index (Phi) is 3.52. The summed E-state index contributed by atoms with van der Waals surface area (Å²) >= 11 is 1.62. The van der Waals surface area contributed by atoms with E-state index >= 15 is 0 Å². The van der Waals surface area contributed by atoms with Crippen molar-refractivity contribution in [1.82, 2.24) is 9.97 Å². The van der Waals surface area contributed by atoms with Crippen molar-refractivity contribution in [2.45, 2.75) is 10.6 Å². The number of halogens is 1. The van der Waals surface area contributed by atoms with Crippen LogP contribution in [-0.2, 0) is 5.75 Å². The highest BCUT2D eigenvalue weighted by molar-refractivity contribution is 7.98. The summed E-state index contributed by atoms with van der Waals surface area (Å²) in [4.78, 5) is 9.35. The zero-order chi connectivity index (χ0) is 13.9. The number of nitrogens with two attached hydrogens (primary N) is 1. The van der Waals surface area contributed by atoms with Crippen LogP contribution in [0.25, 0.3) is 10.9 Å². The van der Waals surface area contributed by atoms with Crippen LogP contribution in [0, 0.1) is 5.82 Å². The van der Waals surface area contributed by atoms with Gasteiger partial charge in [0.05, 0.1) is 5.52 Å². The van der Waals surface area contributed by atoms with Crippen molar-refractivity contribution >= 4 is 28.5 Å². The number of nitrogens with zero attached hydrogens (tertiary/aromatic N) is 2. The van der Waals surface area contributed by atoms with Crippen molar-refractivity contribution in [2.75, 3.05) is 5.73 Å². The molecule has 0 aliphatic carbocycles. The Balaban J connectivity index is 1.88. The number of hydrogen-bond donors (Lipinski definition) is 1. The molecule has 0 radical (unpaired) electrons. The van der Waals surface area contributed by atoms with Gasteiger partial charge in [-0.25, -0.2) is 9.37 Å². The van der Waals surface area contributed by atoms with Gasteiger partial charge in [0.1, 0.15) is 11.6 Å². The van der Waals surface area contributed by atoms with Crippen LogP contribution in [0.1, 0.15) is 5.56 Å². The highest BCUT2D eigenvalue weighted by atomic mass is 32.2. The van der Waals surface area contributed by atoms with Crippen LogP contribution in [0.2, 0.25) is 0 Å². The number of hydrogen-bond acceptors (Lipinski definition) is 4. The third kappa shape index (κ3) is 2.58. The maximum Gasteiger partial charge on any atom is 0.132 e. The highest BCUT2D eigenvalue weighted by Crippen LogP contribution is 2.27. The van der Waals surface area contributed by atoms with E-state index in [0.29, 0.717) is 22.5 Å². The molecule has 0 saturated carbocycles. The number of fused-ring (bicyclic) bond motifs is 1. The van der Waals surface area contributed by atoms with Crippen molar-refractivity contribution in [2.24, 2.45) is 0 Å². The predicted octanol–water partition coefficient (Wildman–Crippen LogP) is 3.64. The Morgan fingerprint density at radius 3 is 2.80 bits per heavy atom. The fourth-order valence-electron chi connectivity index (χ4n) is 1.95. The Labute approximate surface area is 120 Å². The Morgan fingerprint density at radius 1 is 1.10 bits per heavy atom. The van der Waals surface area contributed by atoms with Gasteiger partial charge in [-0.2, -0.15) is 0 Å². The van der Waals surface area contributed by atoms with Crippen molar-refractivity contribution in [3.8, 4) is 0 Å². The molecule has 0 bridgehead atoms. The lowest BCUT2D eigenvalue weighted by Crippen LogP contribution is -1.91. The van der Waals surface area contributed by atoms with Gasteiger partial charge in [-0.05, 0) is 35.9 Å². The summed E-state index contributed by atoms with van der Waals surface area (Å²) in [6, 6.07) is 10.4. The minimum Gasteiger partial charge on any atom is -0.384 e. The highest BCUT2D eigenvalue weighted by Gasteiger charge is 2.07. The number of nitrogen functional groups attached to an aromatic ring is 1. The number of anilines is 1. The number of benzene rings is 1. The van der Waals surface area contributed by atoms with Gasteiger partial charge >= 0.3 is 0 Å². The second-order valence-electron chi connectivity index (χ2n) is 4.31. The lowest BCUT2D eigenvalue weighted by molar-refractivity contribution is 0.639. The normalized spacial score (nSPS) is 10.8. The molecule has 0 fully saturated rings. The molecule has 20 heavy (non-hydrogen) atoms. The quantitative estimate of drug-likeness (QED) is 0.746. The van der Waals surface area contributed by atoms with Crippen LogP contribution in [0.4, 0.5) is 10.2 Å². The van der Waals surface area contributed by atoms with Crippen LogP contribution in [0.3, 0.4) is 0 Å². The molecule has 0 aliphatic heterocycles. The maximum absolute atomic E-state index is 13.7. The van der Waals surface area contributed by atoms with E-state index in [1.807, 2.05) is 6.07 Å². The molecule has 2 heterocycles. The fraction of sp³-hybridized carbons (Fsp3) is 0.0667. The third-order valence-electron chi connectivity index (χ3n) is 2.95. The van der Waals surface area contributed by atoms with Gasteiger partial charge in [0.25, 0.3) is 0 Å². The van der Waals surface area contributed by atoms with Crippen molar-refractivity contribution in [1.29, 1.82) is 0 Å². The molecular weight excluding hydrogens is 273 g/mol. The van der Waals surface area contributed by atoms with E-state index < -0.39 is 0 Å². The molecule has 100 valence electrons. The van der Waals surface area contributed by atoms with Gasteiger partial charge < -0.3 is 5.73 Å². The molecule has 0 saturated heterocycles. The number of thioether (sulfide) groups is 1. The molecule has 3 rings (SSSR count). The molecule has 0 atom stereocenters. The van der Waals surface area contributed by atoms with E-state index in [1.165, 1.54) is 6.07 Å². The summed E-state index contributed by atoms with van der Waals surface area (Å²) in [6.07, 6.45) is 3.42. The Morgan fingerprint density at radius 2 is 2.00 bits per heavy atom. The van der Waals surface area contributed by atoms with E-state index in [2.05, 4.69) is 9.97 Å².